The van der Waals surface area contributed by atoms with Crippen molar-refractivity contribution in [3.63, 3.8) is 0 Å². The molecule has 0 aliphatic carbocycles. The molecule has 2 heterocycles. The second kappa shape index (κ2) is 9.23. The zero-order valence-electron chi connectivity index (χ0n) is 16.4. The van der Waals surface area contributed by atoms with Gasteiger partial charge in [0.05, 0.1) is 16.7 Å². The third-order valence-corrected chi connectivity index (χ3v) is 5.40. The first-order chi connectivity index (χ1) is 15.5. The summed E-state index contributed by atoms with van der Waals surface area (Å²) in [6.07, 6.45) is 2.86. The molecule has 32 heavy (non-hydrogen) atoms. The summed E-state index contributed by atoms with van der Waals surface area (Å²) in [4.78, 5) is 41.0. The second-order valence-corrected chi connectivity index (χ2v) is 7.55. The Hall–Kier alpha value is -4.31. The Bertz CT molecular complexity index is 1390. The zero-order chi connectivity index (χ0) is 22.5. The molecule has 9 nitrogen and oxygen atoms in total. The number of fused-ring (bicyclic) bond motifs is 1. The van der Waals surface area contributed by atoms with Gasteiger partial charge in [0.25, 0.3) is 17.2 Å². The number of hydrogen-bond donors (Lipinski definition) is 1. The van der Waals surface area contributed by atoms with Crippen LogP contribution in [0.25, 0.3) is 5.65 Å². The minimum Gasteiger partial charge on any atom is -0.268 e. The third-order valence-electron chi connectivity index (χ3n) is 4.39. The van der Waals surface area contributed by atoms with Crippen molar-refractivity contribution in [3.05, 3.63) is 111 Å². The Kier molecular flexibility index (Phi) is 6.04. The number of benzene rings is 2. The highest BCUT2D eigenvalue weighted by Crippen LogP contribution is 2.27. The quantitative estimate of drug-likeness (QED) is 0.210. The van der Waals surface area contributed by atoms with Crippen molar-refractivity contribution in [2.24, 2.45) is 5.10 Å². The van der Waals surface area contributed by atoms with E-state index in [4.69, 9.17) is 0 Å². The van der Waals surface area contributed by atoms with E-state index in [1.165, 1.54) is 46.6 Å². The molecule has 0 spiro atoms. The van der Waals surface area contributed by atoms with Crippen molar-refractivity contribution >= 4 is 35.2 Å². The lowest BCUT2D eigenvalue weighted by molar-refractivity contribution is -0.384. The van der Waals surface area contributed by atoms with Crippen LogP contribution in [0.3, 0.4) is 0 Å². The Morgan fingerprint density at radius 3 is 2.50 bits per heavy atom. The molecule has 0 aliphatic heterocycles. The van der Waals surface area contributed by atoms with Crippen LogP contribution in [-0.2, 0) is 0 Å². The summed E-state index contributed by atoms with van der Waals surface area (Å²) in [5, 5.41) is 15.1. The first-order valence-corrected chi connectivity index (χ1v) is 10.2. The largest absolute Gasteiger partial charge is 0.271 e. The molecule has 1 N–H and O–H groups in total. The van der Waals surface area contributed by atoms with Gasteiger partial charge >= 0.3 is 0 Å². The maximum atomic E-state index is 13.0. The molecule has 2 aromatic heterocycles. The predicted octanol–water partition coefficient (Wildman–Crippen LogP) is 3.52. The number of non-ortho nitro benzene ring substituents is 1. The van der Waals surface area contributed by atoms with Crippen LogP contribution in [0.4, 0.5) is 5.69 Å². The standard InChI is InChI=1S/C22H15N5O4S/c28-20(15-9-11-16(12-10-15)27(30)31)25-23-14-18-21(32-17-6-2-1-3-7-17)24-19-8-4-5-13-26(19)22(18)29/h1-14H,(H,25,28). The van der Waals surface area contributed by atoms with Crippen LogP contribution in [0.15, 0.2) is 98.8 Å². The van der Waals surface area contributed by atoms with Crippen LogP contribution in [0.5, 0.6) is 0 Å². The van der Waals surface area contributed by atoms with Gasteiger partial charge in [-0.1, -0.05) is 36.0 Å². The number of nitrogens with one attached hydrogen (secondary N) is 1. The molecular weight excluding hydrogens is 430 g/mol. The molecule has 4 aromatic rings. The van der Waals surface area contributed by atoms with E-state index < -0.39 is 10.8 Å². The summed E-state index contributed by atoms with van der Waals surface area (Å²) in [5.41, 5.74) is 2.78. The number of nitrogens with zero attached hydrogens (tertiary/aromatic N) is 4. The number of hydrogen-bond acceptors (Lipinski definition) is 7. The van der Waals surface area contributed by atoms with E-state index in [0.29, 0.717) is 10.7 Å². The second-order valence-electron chi connectivity index (χ2n) is 6.48. The maximum absolute atomic E-state index is 13.0. The average Bonchev–Trinajstić information content (AvgIpc) is 2.81. The monoisotopic (exact) mass is 445 g/mol. The first kappa shape index (κ1) is 20.9. The first-order valence-electron chi connectivity index (χ1n) is 9.35. The molecule has 0 fully saturated rings. The van der Waals surface area contributed by atoms with Gasteiger partial charge in [0.15, 0.2) is 0 Å². The summed E-state index contributed by atoms with van der Waals surface area (Å²) >= 11 is 1.31. The molecule has 158 valence electrons. The lowest BCUT2D eigenvalue weighted by Crippen LogP contribution is -2.22. The number of aromatic nitrogens is 2. The highest BCUT2D eigenvalue weighted by molar-refractivity contribution is 7.99. The fraction of sp³-hybridized carbons (Fsp3) is 0. The molecule has 0 bridgehead atoms. The molecule has 0 atom stereocenters. The van der Waals surface area contributed by atoms with Gasteiger partial charge in [-0.3, -0.25) is 24.1 Å². The van der Waals surface area contributed by atoms with E-state index in [1.807, 2.05) is 30.3 Å². The van der Waals surface area contributed by atoms with Gasteiger partial charge in [0, 0.05) is 28.8 Å². The number of carbonyl (C=O) groups excluding carboxylic acids is 1. The molecule has 2 aromatic carbocycles. The summed E-state index contributed by atoms with van der Waals surface area (Å²) in [6.45, 7) is 0. The predicted molar refractivity (Wildman–Crippen MR) is 120 cm³/mol. The summed E-state index contributed by atoms with van der Waals surface area (Å²) in [7, 11) is 0. The average molecular weight is 445 g/mol. The van der Waals surface area contributed by atoms with Gasteiger partial charge in [0.2, 0.25) is 0 Å². The number of hydrazone groups is 1. The van der Waals surface area contributed by atoms with Gasteiger partial charge in [0.1, 0.15) is 10.7 Å². The van der Waals surface area contributed by atoms with Gasteiger partial charge in [-0.15, -0.1) is 0 Å². The lowest BCUT2D eigenvalue weighted by atomic mass is 10.2. The number of nitro benzene ring substituents is 1. The number of rotatable bonds is 6. The van der Waals surface area contributed by atoms with E-state index in [-0.39, 0.29) is 22.4 Å². The van der Waals surface area contributed by atoms with E-state index >= 15 is 0 Å². The summed E-state index contributed by atoms with van der Waals surface area (Å²) in [5.74, 6) is -0.567. The van der Waals surface area contributed by atoms with Crippen molar-refractivity contribution < 1.29 is 9.72 Å². The van der Waals surface area contributed by atoms with Crippen LogP contribution < -0.4 is 11.0 Å². The highest BCUT2D eigenvalue weighted by Gasteiger charge is 2.13. The Labute approximate surface area is 185 Å². The molecule has 0 saturated heterocycles. The molecule has 0 aliphatic rings. The van der Waals surface area contributed by atoms with E-state index in [2.05, 4.69) is 15.5 Å². The van der Waals surface area contributed by atoms with E-state index in [0.717, 1.165) is 4.90 Å². The van der Waals surface area contributed by atoms with Crippen molar-refractivity contribution in [3.8, 4) is 0 Å². The Morgan fingerprint density at radius 2 is 1.78 bits per heavy atom. The number of pyridine rings is 1. The fourth-order valence-corrected chi connectivity index (χ4v) is 3.73. The minimum absolute atomic E-state index is 0.122. The number of carbonyl (C=O) groups is 1. The molecule has 1 amide bonds. The molecule has 0 radical (unpaired) electrons. The van der Waals surface area contributed by atoms with Crippen LogP contribution in [-0.4, -0.2) is 26.4 Å². The summed E-state index contributed by atoms with van der Waals surface area (Å²) in [6, 6.07) is 19.8. The van der Waals surface area contributed by atoms with Gasteiger partial charge in [-0.2, -0.15) is 5.10 Å². The smallest absolute Gasteiger partial charge is 0.268 e. The normalized spacial score (nSPS) is 11.0. The van der Waals surface area contributed by atoms with Gasteiger partial charge in [-0.05, 0) is 36.4 Å². The minimum atomic E-state index is -0.567. The molecular formula is C22H15N5O4S. The van der Waals surface area contributed by atoms with E-state index in [1.54, 1.807) is 24.4 Å². The maximum Gasteiger partial charge on any atom is 0.271 e. The third kappa shape index (κ3) is 4.55. The molecule has 0 saturated carbocycles. The molecule has 0 unspecified atom stereocenters. The van der Waals surface area contributed by atoms with Crippen LogP contribution >= 0.6 is 11.8 Å². The van der Waals surface area contributed by atoms with Crippen molar-refractivity contribution in [1.29, 1.82) is 0 Å². The fourth-order valence-electron chi connectivity index (χ4n) is 2.83. The lowest BCUT2D eigenvalue weighted by Gasteiger charge is -2.08. The van der Waals surface area contributed by atoms with Crippen LogP contribution in [0, 0.1) is 10.1 Å². The molecule has 10 heteroatoms. The molecule has 4 rings (SSSR count). The van der Waals surface area contributed by atoms with Gasteiger partial charge in [-0.25, -0.2) is 10.4 Å². The van der Waals surface area contributed by atoms with Crippen molar-refractivity contribution in [2.75, 3.05) is 0 Å². The Balaban J connectivity index is 1.63. The van der Waals surface area contributed by atoms with Crippen molar-refractivity contribution in [1.82, 2.24) is 14.8 Å². The Morgan fingerprint density at radius 1 is 1.06 bits per heavy atom. The highest BCUT2D eigenvalue weighted by atomic mass is 32.2. The van der Waals surface area contributed by atoms with Gasteiger partial charge < -0.3 is 0 Å². The van der Waals surface area contributed by atoms with E-state index in [9.17, 15) is 19.7 Å². The summed E-state index contributed by atoms with van der Waals surface area (Å²) < 4.78 is 1.40. The van der Waals surface area contributed by atoms with Crippen molar-refractivity contribution in [2.45, 2.75) is 9.92 Å². The number of nitro groups is 1. The topological polar surface area (TPSA) is 119 Å². The number of amides is 1. The van der Waals surface area contributed by atoms with Crippen LogP contribution in [0.2, 0.25) is 0 Å². The SMILES string of the molecule is O=C(NN=Cc1c(Sc2ccccc2)nc2ccccn2c1=O)c1ccc([N+](=O)[O-])cc1. The van der Waals surface area contributed by atoms with Crippen LogP contribution in [0.1, 0.15) is 15.9 Å². The zero-order valence-corrected chi connectivity index (χ0v) is 17.2.